The van der Waals surface area contributed by atoms with Gasteiger partial charge in [0, 0.05) is 31.2 Å². The first kappa shape index (κ1) is 21.2. The average molecular weight is 353 g/mol. The molecule has 0 spiro atoms. The van der Waals surface area contributed by atoms with E-state index in [-0.39, 0.29) is 0 Å². The van der Waals surface area contributed by atoms with E-state index in [1.165, 1.54) is 64.6 Å². The van der Waals surface area contributed by atoms with Crippen molar-refractivity contribution in [2.75, 3.05) is 19.6 Å². The van der Waals surface area contributed by atoms with Gasteiger partial charge in [-0.3, -0.25) is 9.80 Å². The summed E-state index contributed by atoms with van der Waals surface area (Å²) in [6, 6.07) is 2.09. The monoisotopic (exact) mass is 352 g/mol. The maximum atomic E-state index is 5.98. The first-order chi connectivity index (χ1) is 11.9. The second kappa shape index (κ2) is 10.3. The fourth-order valence-electron chi connectivity index (χ4n) is 4.93. The molecule has 2 rings (SSSR count). The van der Waals surface area contributed by atoms with E-state index in [4.69, 9.17) is 4.74 Å². The van der Waals surface area contributed by atoms with Crippen LogP contribution in [0.2, 0.25) is 0 Å². The molecule has 2 aliphatic rings. The number of unbranched alkanes of at least 4 members (excludes halogenated alkanes) is 1. The summed E-state index contributed by atoms with van der Waals surface area (Å²) in [5, 5.41) is 0. The van der Waals surface area contributed by atoms with E-state index in [1.807, 2.05) is 0 Å². The van der Waals surface area contributed by atoms with Crippen molar-refractivity contribution in [3.8, 4) is 0 Å². The van der Waals surface area contributed by atoms with Crippen LogP contribution in [0.1, 0.15) is 86.5 Å². The van der Waals surface area contributed by atoms with E-state index in [9.17, 15) is 0 Å². The number of piperazine rings is 1. The molecule has 0 unspecified atom stereocenters. The van der Waals surface area contributed by atoms with Crippen LogP contribution in [-0.4, -0.2) is 59.8 Å². The highest BCUT2D eigenvalue weighted by molar-refractivity contribution is 4.86. The van der Waals surface area contributed by atoms with Crippen molar-refractivity contribution in [1.29, 1.82) is 0 Å². The first-order valence-corrected chi connectivity index (χ1v) is 11.0. The Balaban J connectivity index is 1.60. The van der Waals surface area contributed by atoms with Crippen molar-refractivity contribution in [3.05, 3.63) is 0 Å². The molecule has 0 amide bonds. The van der Waals surface area contributed by atoms with Crippen molar-refractivity contribution in [2.24, 2.45) is 5.92 Å². The van der Waals surface area contributed by atoms with E-state index in [0.29, 0.717) is 30.3 Å². The Hall–Kier alpha value is -0.120. The minimum Gasteiger partial charge on any atom is -0.376 e. The fraction of sp³-hybridized carbons (Fsp3) is 1.00. The van der Waals surface area contributed by atoms with Crippen LogP contribution in [0, 0.1) is 5.92 Å². The molecule has 1 saturated carbocycles. The van der Waals surface area contributed by atoms with Gasteiger partial charge < -0.3 is 4.74 Å². The lowest BCUT2D eigenvalue weighted by Crippen LogP contribution is -2.58. The van der Waals surface area contributed by atoms with Crippen LogP contribution < -0.4 is 0 Å². The Morgan fingerprint density at radius 3 is 2.00 bits per heavy atom. The Kier molecular flexibility index (Phi) is 8.71. The predicted octanol–water partition coefficient (Wildman–Crippen LogP) is 4.94. The number of hydrogen-bond acceptors (Lipinski definition) is 3. The van der Waals surface area contributed by atoms with Crippen LogP contribution in [0.4, 0.5) is 0 Å². The topological polar surface area (TPSA) is 15.7 Å². The van der Waals surface area contributed by atoms with Gasteiger partial charge in [-0.05, 0) is 86.1 Å². The Labute approximate surface area is 157 Å². The number of hydrogen-bond donors (Lipinski definition) is 0. The van der Waals surface area contributed by atoms with Crippen molar-refractivity contribution in [2.45, 2.75) is 117 Å². The van der Waals surface area contributed by atoms with Crippen LogP contribution >= 0.6 is 0 Å². The van der Waals surface area contributed by atoms with Gasteiger partial charge in [-0.2, -0.15) is 0 Å². The standard InChI is InChI=1S/C22H44N2O/c1-17(2)23-15-19(5)24(20(6)16-23)14-8-7-9-21-10-12-22(13-11-21)25-18(3)4/h17-22H,7-16H2,1-6H3/t19-,20+,21?,22?. The van der Waals surface area contributed by atoms with Gasteiger partial charge in [-0.15, -0.1) is 0 Å². The van der Waals surface area contributed by atoms with Gasteiger partial charge in [0.2, 0.25) is 0 Å². The zero-order valence-electron chi connectivity index (χ0n) is 17.8. The molecule has 3 nitrogen and oxygen atoms in total. The van der Waals surface area contributed by atoms with Gasteiger partial charge in [-0.25, -0.2) is 0 Å². The molecule has 3 heteroatoms. The minimum atomic E-state index is 0.390. The van der Waals surface area contributed by atoms with Crippen molar-refractivity contribution < 1.29 is 4.74 Å². The quantitative estimate of drug-likeness (QED) is 0.575. The third kappa shape index (κ3) is 6.84. The van der Waals surface area contributed by atoms with Crippen LogP contribution in [0.3, 0.4) is 0 Å². The SMILES string of the molecule is CC(C)OC1CCC(CCCCN2[C@H](C)CN(C(C)C)C[C@@H]2C)CC1. The molecule has 25 heavy (non-hydrogen) atoms. The van der Waals surface area contributed by atoms with Crippen LogP contribution in [0.25, 0.3) is 0 Å². The van der Waals surface area contributed by atoms with Crippen molar-refractivity contribution in [1.82, 2.24) is 9.80 Å². The lowest BCUT2D eigenvalue weighted by Gasteiger charge is -2.46. The molecule has 0 aromatic carbocycles. The lowest BCUT2D eigenvalue weighted by molar-refractivity contribution is -0.0205. The molecule has 1 aliphatic heterocycles. The summed E-state index contributed by atoms with van der Waals surface area (Å²) >= 11 is 0. The molecule has 148 valence electrons. The molecule has 0 N–H and O–H groups in total. The van der Waals surface area contributed by atoms with Gasteiger partial charge in [0.05, 0.1) is 12.2 Å². The third-order valence-electron chi connectivity index (χ3n) is 6.40. The highest BCUT2D eigenvalue weighted by Gasteiger charge is 2.30. The first-order valence-electron chi connectivity index (χ1n) is 11.0. The molecule has 1 aliphatic carbocycles. The molecule has 2 atom stereocenters. The molecule has 2 fully saturated rings. The van der Waals surface area contributed by atoms with E-state index in [0.717, 1.165) is 5.92 Å². The Morgan fingerprint density at radius 1 is 0.880 bits per heavy atom. The zero-order chi connectivity index (χ0) is 18.4. The van der Waals surface area contributed by atoms with Gasteiger partial charge >= 0.3 is 0 Å². The smallest absolute Gasteiger partial charge is 0.0578 e. The Morgan fingerprint density at radius 2 is 1.48 bits per heavy atom. The summed E-state index contributed by atoms with van der Waals surface area (Å²) in [6.07, 6.45) is 10.5. The summed E-state index contributed by atoms with van der Waals surface area (Å²) in [4.78, 5) is 5.40. The normalized spacial score (nSPS) is 32.6. The summed E-state index contributed by atoms with van der Waals surface area (Å²) in [5.74, 6) is 0.958. The van der Waals surface area contributed by atoms with Crippen LogP contribution in [0.5, 0.6) is 0 Å². The molecule has 0 radical (unpaired) electrons. The minimum absolute atomic E-state index is 0.390. The van der Waals surface area contributed by atoms with Gasteiger partial charge in [0.1, 0.15) is 0 Å². The molecule has 0 aromatic rings. The predicted molar refractivity (Wildman–Crippen MR) is 108 cm³/mol. The Bertz CT molecular complexity index is 351. The fourth-order valence-corrected chi connectivity index (χ4v) is 4.93. The van der Waals surface area contributed by atoms with Crippen LogP contribution in [0.15, 0.2) is 0 Å². The average Bonchev–Trinajstić information content (AvgIpc) is 2.54. The highest BCUT2D eigenvalue weighted by Crippen LogP contribution is 2.30. The molecule has 0 bridgehead atoms. The van der Waals surface area contributed by atoms with E-state index < -0.39 is 0 Å². The van der Waals surface area contributed by atoms with Gasteiger partial charge in [0.25, 0.3) is 0 Å². The largest absolute Gasteiger partial charge is 0.376 e. The molecular weight excluding hydrogens is 308 g/mol. The summed E-state index contributed by atoms with van der Waals surface area (Å²) in [5.41, 5.74) is 0. The van der Waals surface area contributed by atoms with E-state index >= 15 is 0 Å². The molecule has 1 saturated heterocycles. The van der Waals surface area contributed by atoms with Gasteiger partial charge in [-0.1, -0.05) is 12.8 Å². The second-order valence-corrected chi connectivity index (χ2v) is 9.31. The molecule has 0 aromatic heterocycles. The van der Waals surface area contributed by atoms with E-state index in [1.54, 1.807) is 0 Å². The maximum Gasteiger partial charge on any atom is 0.0578 e. The third-order valence-corrected chi connectivity index (χ3v) is 6.40. The highest BCUT2D eigenvalue weighted by atomic mass is 16.5. The summed E-state index contributed by atoms with van der Waals surface area (Å²) in [6.45, 7) is 17.6. The van der Waals surface area contributed by atoms with Crippen molar-refractivity contribution in [3.63, 3.8) is 0 Å². The zero-order valence-corrected chi connectivity index (χ0v) is 17.8. The molecule has 1 heterocycles. The van der Waals surface area contributed by atoms with Crippen LogP contribution in [-0.2, 0) is 4.74 Å². The van der Waals surface area contributed by atoms with Crippen molar-refractivity contribution >= 4 is 0 Å². The van der Waals surface area contributed by atoms with E-state index in [2.05, 4.69) is 51.3 Å². The number of rotatable bonds is 8. The number of nitrogens with zero attached hydrogens (tertiary/aromatic N) is 2. The second-order valence-electron chi connectivity index (χ2n) is 9.31. The molecular formula is C22H44N2O. The van der Waals surface area contributed by atoms with Gasteiger partial charge in [0.15, 0.2) is 0 Å². The lowest BCUT2D eigenvalue weighted by atomic mass is 9.84. The summed E-state index contributed by atoms with van der Waals surface area (Å²) in [7, 11) is 0. The summed E-state index contributed by atoms with van der Waals surface area (Å²) < 4.78 is 5.98. The number of ether oxygens (including phenoxy) is 1. The maximum absolute atomic E-state index is 5.98.